The van der Waals surface area contributed by atoms with Crippen molar-refractivity contribution in [3.05, 3.63) is 119 Å². The van der Waals surface area contributed by atoms with Gasteiger partial charge in [-0.2, -0.15) is 0 Å². The largest absolute Gasteiger partial charge is 0.457 e. The first-order chi connectivity index (χ1) is 17.5. The van der Waals surface area contributed by atoms with E-state index in [0.717, 1.165) is 28.1 Å². The number of hydrogen-bond donors (Lipinski definition) is 1. The molecule has 0 aliphatic carbocycles. The molecule has 5 rings (SSSR count). The van der Waals surface area contributed by atoms with Gasteiger partial charge in [0.25, 0.3) is 5.91 Å². The highest BCUT2D eigenvalue weighted by atomic mass is 35.5. The van der Waals surface area contributed by atoms with Crippen LogP contribution in [0.4, 0.5) is 5.69 Å². The van der Waals surface area contributed by atoms with E-state index in [1.165, 1.54) is 0 Å². The summed E-state index contributed by atoms with van der Waals surface area (Å²) < 4.78 is 7.50. The molecule has 1 heterocycles. The van der Waals surface area contributed by atoms with E-state index in [4.69, 9.17) is 16.3 Å². The lowest BCUT2D eigenvalue weighted by atomic mass is 10.1. The summed E-state index contributed by atoms with van der Waals surface area (Å²) in [5.74, 6) is 1.57. The first-order valence-corrected chi connectivity index (χ1v) is 11.8. The lowest BCUT2D eigenvalue weighted by molar-refractivity contribution is 0.101. The van der Waals surface area contributed by atoms with Crippen LogP contribution in [0.1, 0.15) is 21.7 Å². The van der Waals surface area contributed by atoms with Crippen LogP contribution in [-0.2, 0) is 0 Å². The smallest absolute Gasteiger partial charge is 0.295 e. The van der Waals surface area contributed by atoms with Gasteiger partial charge >= 0.3 is 0 Å². The minimum Gasteiger partial charge on any atom is -0.457 e. The van der Waals surface area contributed by atoms with Crippen LogP contribution in [-0.4, -0.2) is 20.7 Å². The van der Waals surface area contributed by atoms with Crippen molar-refractivity contribution >= 4 is 23.2 Å². The predicted octanol–water partition coefficient (Wildman–Crippen LogP) is 7.25. The van der Waals surface area contributed by atoms with Crippen LogP contribution in [0.15, 0.2) is 97.1 Å². The molecule has 0 atom stereocenters. The lowest BCUT2D eigenvalue weighted by Gasteiger charge is -2.10. The summed E-state index contributed by atoms with van der Waals surface area (Å²) in [5, 5.41) is 8.02. The molecule has 0 aliphatic heterocycles. The number of carbonyl (C=O) groups excluding carboxylic acids is 1. The van der Waals surface area contributed by atoms with E-state index in [1.54, 1.807) is 41.1 Å². The Balaban J connectivity index is 1.43. The molecule has 6 nitrogen and oxygen atoms in total. The molecule has 36 heavy (non-hydrogen) atoms. The summed E-state index contributed by atoms with van der Waals surface area (Å²) in [7, 11) is 0. The van der Waals surface area contributed by atoms with E-state index in [1.807, 2.05) is 68.4 Å². The molecule has 0 bridgehead atoms. The molecule has 0 aliphatic rings. The van der Waals surface area contributed by atoms with Crippen LogP contribution in [0.5, 0.6) is 11.5 Å². The molecular weight excluding hydrogens is 472 g/mol. The third-order valence-electron chi connectivity index (χ3n) is 5.56. The van der Waals surface area contributed by atoms with Gasteiger partial charge in [-0.05, 0) is 74.0 Å². The number of aryl methyl sites for hydroxylation is 2. The van der Waals surface area contributed by atoms with Crippen molar-refractivity contribution in [1.29, 1.82) is 0 Å². The van der Waals surface area contributed by atoms with Crippen LogP contribution in [0.25, 0.3) is 17.1 Å². The quantitative estimate of drug-likeness (QED) is 0.270. The van der Waals surface area contributed by atoms with Crippen molar-refractivity contribution in [3.63, 3.8) is 0 Å². The first kappa shape index (κ1) is 23.3. The van der Waals surface area contributed by atoms with E-state index in [9.17, 15) is 4.79 Å². The number of hydrogen-bond acceptors (Lipinski definition) is 4. The van der Waals surface area contributed by atoms with Gasteiger partial charge in [0.15, 0.2) is 5.82 Å². The number of rotatable bonds is 6. The first-order valence-electron chi connectivity index (χ1n) is 11.4. The molecule has 0 saturated carbocycles. The second-order valence-corrected chi connectivity index (χ2v) is 8.80. The van der Waals surface area contributed by atoms with Gasteiger partial charge in [-0.1, -0.05) is 59.6 Å². The van der Waals surface area contributed by atoms with Crippen LogP contribution in [0.2, 0.25) is 5.02 Å². The van der Waals surface area contributed by atoms with Gasteiger partial charge in [0, 0.05) is 16.3 Å². The maximum Gasteiger partial charge on any atom is 0.295 e. The fourth-order valence-electron chi connectivity index (χ4n) is 3.85. The highest BCUT2D eigenvalue weighted by Crippen LogP contribution is 2.27. The Morgan fingerprint density at radius 2 is 1.61 bits per heavy atom. The Kier molecular flexibility index (Phi) is 6.52. The summed E-state index contributed by atoms with van der Waals surface area (Å²) in [6.07, 6.45) is 0. The van der Waals surface area contributed by atoms with E-state index < -0.39 is 5.91 Å². The number of ether oxygens (including phenoxy) is 1. The second-order valence-electron chi connectivity index (χ2n) is 8.36. The van der Waals surface area contributed by atoms with Gasteiger partial charge in [-0.3, -0.25) is 4.79 Å². The number of nitrogens with one attached hydrogen (secondary N) is 1. The normalized spacial score (nSPS) is 10.8. The molecule has 4 aromatic carbocycles. The molecule has 1 N–H and O–H groups in total. The molecule has 5 aromatic rings. The van der Waals surface area contributed by atoms with Crippen molar-refractivity contribution < 1.29 is 9.53 Å². The number of para-hydroxylation sites is 1. The molecule has 7 heteroatoms. The average molecular weight is 495 g/mol. The predicted molar refractivity (Wildman–Crippen MR) is 142 cm³/mol. The number of benzene rings is 4. The molecule has 178 valence electrons. The Hall–Kier alpha value is -4.42. The summed E-state index contributed by atoms with van der Waals surface area (Å²) >= 11 is 6.24. The summed E-state index contributed by atoms with van der Waals surface area (Å²) in [4.78, 5) is 17.7. The van der Waals surface area contributed by atoms with Gasteiger partial charge < -0.3 is 10.1 Å². The number of carbonyl (C=O) groups is 1. The minimum atomic E-state index is -0.418. The topological polar surface area (TPSA) is 69.0 Å². The van der Waals surface area contributed by atoms with Crippen molar-refractivity contribution in [2.45, 2.75) is 13.8 Å². The monoisotopic (exact) mass is 494 g/mol. The molecular formula is C29H23ClN4O2. The molecule has 0 spiro atoms. The molecule has 0 unspecified atom stereocenters. The lowest BCUT2D eigenvalue weighted by Crippen LogP contribution is -2.14. The molecule has 0 fully saturated rings. The van der Waals surface area contributed by atoms with Gasteiger partial charge in [0.05, 0.1) is 5.69 Å². The Morgan fingerprint density at radius 1 is 0.861 bits per heavy atom. The van der Waals surface area contributed by atoms with Crippen molar-refractivity contribution in [1.82, 2.24) is 14.8 Å². The van der Waals surface area contributed by atoms with Crippen molar-refractivity contribution in [2.24, 2.45) is 0 Å². The number of halogens is 1. The molecule has 0 saturated heterocycles. The maximum absolute atomic E-state index is 13.1. The number of nitrogens with zero attached hydrogens (tertiary/aromatic N) is 3. The van der Waals surface area contributed by atoms with E-state index in [0.29, 0.717) is 22.3 Å². The Morgan fingerprint density at radius 3 is 2.33 bits per heavy atom. The van der Waals surface area contributed by atoms with Crippen LogP contribution >= 0.6 is 11.6 Å². The maximum atomic E-state index is 13.1. The van der Waals surface area contributed by atoms with Gasteiger partial charge in [0.2, 0.25) is 5.82 Å². The average Bonchev–Trinajstić information content (AvgIpc) is 3.31. The van der Waals surface area contributed by atoms with Gasteiger partial charge in [-0.15, -0.1) is 5.10 Å². The second kappa shape index (κ2) is 10.1. The van der Waals surface area contributed by atoms with E-state index in [-0.39, 0.29) is 5.82 Å². The molecule has 1 aromatic heterocycles. The summed E-state index contributed by atoms with van der Waals surface area (Å²) in [6, 6.07) is 30.0. The van der Waals surface area contributed by atoms with E-state index in [2.05, 4.69) is 21.5 Å². The third-order valence-corrected chi connectivity index (χ3v) is 5.80. The van der Waals surface area contributed by atoms with Gasteiger partial charge in [0.1, 0.15) is 11.5 Å². The SMILES string of the molecule is Cc1ccc(-n2nc(C(=O)Nc3ccc(Oc4ccccc4)cc3)nc2-c2cccc(Cl)c2)c(C)c1. The zero-order valence-electron chi connectivity index (χ0n) is 19.8. The molecule has 1 amide bonds. The highest BCUT2D eigenvalue weighted by Gasteiger charge is 2.20. The van der Waals surface area contributed by atoms with E-state index >= 15 is 0 Å². The zero-order valence-corrected chi connectivity index (χ0v) is 20.5. The number of aromatic nitrogens is 3. The van der Waals surface area contributed by atoms with Crippen LogP contribution < -0.4 is 10.1 Å². The summed E-state index contributed by atoms with van der Waals surface area (Å²) in [6.45, 7) is 4.04. The zero-order chi connectivity index (χ0) is 25.1. The van der Waals surface area contributed by atoms with Crippen molar-refractivity contribution in [3.8, 4) is 28.6 Å². The van der Waals surface area contributed by atoms with Crippen molar-refractivity contribution in [2.75, 3.05) is 5.32 Å². The number of amides is 1. The Labute approximate surface area is 214 Å². The van der Waals surface area contributed by atoms with Crippen LogP contribution in [0, 0.1) is 13.8 Å². The third kappa shape index (κ3) is 5.14. The highest BCUT2D eigenvalue weighted by molar-refractivity contribution is 6.30. The fourth-order valence-corrected chi connectivity index (χ4v) is 4.04. The van der Waals surface area contributed by atoms with Gasteiger partial charge in [-0.25, -0.2) is 9.67 Å². The van der Waals surface area contributed by atoms with Crippen LogP contribution in [0.3, 0.4) is 0 Å². The fraction of sp³-hybridized carbons (Fsp3) is 0.0690. The standard InChI is InChI=1S/C29H23ClN4O2/c1-19-11-16-26(20(2)17-19)34-28(21-7-6-8-22(30)18-21)32-27(33-34)29(35)31-23-12-14-25(15-13-23)36-24-9-4-3-5-10-24/h3-18H,1-2H3,(H,31,35). The number of anilines is 1. The summed E-state index contributed by atoms with van der Waals surface area (Å²) in [5.41, 5.74) is 4.36. The molecule has 0 radical (unpaired) electrons. The minimum absolute atomic E-state index is 0.0505. The Bertz CT molecular complexity index is 1530.